The molecule has 0 bridgehead atoms. The molecular weight excluding hydrogens is 872 g/mol. The number of halogens is 9. The van der Waals surface area contributed by atoms with Gasteiger partial charge in [0.05, 0.1) is 35.2 Å². The predicted molar refractivity (Wildman–Crippen MR) is 187 cm³/mol. The first-order valence-corrected chi connectivity index (χ1v) is 20.5. The summed E-state index contributed by atoms with van der Waals surface area (Å²) in [4.78, 5) is 9.44. The second kappa shape index (κ2) is 25.4. The summed E-state index contributed by atoms with van der Waals surface area (Å²) in [6.45, 7) is 8.56. The van der Waals surface area contributed by atoms with E-state index < -0.39 is 46.9 Å². The number of imidazole rings is 4. The molecule has 17 nitrogen and oxygen atoms in total. The van der Waals surface area contributed by atoms with Gasteiger partial charge in [-0.2, -0.15) is 64.8 Å². The first-order valence-electron chi connectivity index (χ1n) is 16.1. The number of rotatable bonds is 5. The van der Waals surface area contributed by atoms with Gasteiger partial charge in [0, 0.05) is 26.2 Å². The van der Waals surface area contributed by atoms with E-state index in [1.807, 2.05) is 77.8 Å². The lowest BCUT2D eigenvalue weighted by atomic mass is 10.2. The number of aromatic amines is 3. The van der Waals surface area contributed by atoms with E-state index in [1.165, 1.54) is 42.6 Å². The smallest absolute Gasteiger partial charge is 0.279 e. The van der Waals surface area contributed by atoms with E-state index in [-0.39, 0.29) is 0 Å². The van der Waals surface area contributed by atoms with Gasteiger partial charge in [-0.1, -0.05) is 27.2 Å². The molecule has 0 unspecified atom stereocenters. The molecule has 0 aliphatic heterocycles. The highest BCUT2D eigenvalue weighted by Gasteiger charge is 2.45. The van der Waals surface area contributed by atoms with E-state index in [9.17, 15) is 39.5 Å². The van der Waals surface area contributed by atoms with Gasteiger partial charge >= 0.3 is 46.9 Å². The zero-order chi connectivity index (χ0) is 46.5. The molecule has 338 valence electrons. The van der Waals surface area contributed by atoms with Crippen molar-refractivity contribution in [3.05, 3.63) is 72.9 Å². The van der Waals surface area contributed by atoms with Crippen molar-refractivity contribution in [1.29, 1.82) is 0 Å². The molecule has 0 amide bonds. The third kappa shape index (κ3) is 24.7. The minimum absolute atomic E-state index is 1.07. The third-order valence-corrected chi connectivity index (χ3v) is 8.53. The van der Waals surface area contributed by atoms with Crippen molar-refractivity contribution in [2.75, 3.05) is 0 Å². The average molecular weight is 923 g/mol. The van der Waals surface area contributed by atoms with Crippen LogP contribution in [-0.2, 0) is 84.9 Å². The fourth-order valence-corrected chi connectivity index (χ4v) is 3.27. The van der Waals surface area contributed by atoms with E-state index in [0.717, 1.165) is 12.8 Å². The van der Waals surface area contributed by atoms with Crippen molar-refractivity contribution in [3.63, 3.8) is 0 Å². The monoisotopic (exact) mass is 922 g/mol. The largest absolute Gasteiger partial charge is 0.522 e. The fourth-order valence-electron chi connectivity index (χ4n) is 3.27. The number of hydrogen-bond donors (Lipinski definition) is 6. The first-order chi connectivity index (χ1) is 26.0. The number of aromatic nitrogens is 8. The van der Waals surface area contributed by atoms with Gasteiger partial charge in [0.15, 0.2) is 0 Å². The van der Waals surface area contributed by atoms with Crippen molar-refractivity contribution in [2.45, 2.75) is 76.3 Å². The zero-order valence-corrected chi connectivity index (χ0v) is 35.3. The van der Waals surface area contributed by atoms with Crippen LogP contribution in [0.4, 0.5) is 39.5 Å². The summed E-state index contributed by atoms with van der Waals surface area (Å²) in [5.41, 5.74) is -16.6. The van der Waals surface area contributed by atoms with Crippen LogP contribution >= 0.6 is 0 Å². The summed E-state index contributed by atoms with van der Waals surface area (Å²) >= 11 is 0. The molecule has 4 heterocycles. The van der Waals surface area contributed by atoms with Crippen LogP contribution in [0.5, 0.6) is 0 Å². The van der Waals surface area contributed by atoms with Gasteiger partial charge in [0.1, 0.15) is 49.6 Å². The van der Waals surface area contributed by atoms with Gasteiger partial charge in [0.25, 0.3) is 23.3 Å². The SMILES string of the molecule is CCCCc1[nH]cc[n+]1C.CCc1[nH]cc[n+]1C.CCc1[nH]cc[n+]1C.Cc1n(C)cc[n+]1C.O=S(=O)(O)C(F)(F)F.O=S(=O)(O)C(F)(F)F.O=S(=O)(O)C(F)(F)F. The Morgan fingerprint density at radius 1 is 0.569 bits per heavy atom. The highest BCUT2D eigenvalue weighted by molar-refractivity contribution is 7.87. The Morgan fingerprint density at radius 3 is 0.966 bits per heavy atom. The van der Waals surface area contributed by atoms with E-state index >= 15 is 0 Å². The standard InChI is InChI=1S/C8H14N2.C6H11N2.2C6H10N2.3CHF3O3S/c1-3-4-5-8-9-6-7-10(8)2;1-6-7(2)4-5-8(6)3;2*1-3-6-7-4-5-8(6)2;3*2-1(3,4)8(5,6)7/h6-7H,3-5H2,1-2H3;4-5H,1-3H3;2*4-5H,3H2,1-2H3;3*(H,5,6,7)/q;+1;;;;;/p+3. The Morgan fingerprint density at radius 2 is 0.845 bits per heavy atom. The lowest BCUT2D eigenvalue weighted by Gasteiger charge is -1.97. The first kappa shape index (κ1) is 58.3. The Balaban J connectivity index is -0.000000610. The minimum Gasteiger partial charge on any atom is -0.279 e. The summed E-state index contributed by atoms with van der Waals surface area (Å²) in [5.74, 6) is 5.13. The average Bonchev–Trinajstić information content (AvgIpc) is 3.86. The maximum Gasteiger partial charge on any atom is 0.522 e. The van der Waals surface area contributed by atoms with Gasteiger partial charge in [-0.05, 0) is 6.42 Å². The van der Waals surface area contributed by atoms with Gasteiger partial charge < -0.3 is 0 Å². The summed E-state index contributed by atoms with van der Waals surface area (Å²) < 4.78 is 183. The van der Waals surface area contributed by atoms with Crippen molar-refractivity contribution in [1.82, 2.24) is 19.5 Å². The zero-order valence-electron chi connectivity index (χ0n) is 32.8. The molecule has 0 aromatic carbocycles. The molecule has 4 aromatic rings. The molecule has 0 saturated heterocycles. The van der Waals surface area contributed by atoms with Crippen LogP contribution in [0.3, 0.4) is 0 Å². The molecule has 0 aliphatic carbocycles. The molecule has 29 heteroatoms. The summed E-state index contributed by atoms with van der Waals surface area (Å²) in [6.07, 6.45) is 21.9. The fraction of sp³-hybridized carbons (Fsp3) is 0.586. The maximum atomic E-state index is 10.7. The summed E-state index contributed by atoms with van der Waals surface area (Å²) in [7, 11) is -7.30. The molecule has 0 saturated carbocycles. The van der Waals surface area contributed by atoms with E-state index in [1.54, 1.807) is 0 Å². The molecule has 4 rings (SSSR count). The number of nitrogens with one attached hydrogen (secondary N) is 3. The molecule has 6 N–H and O–H groups in total. The predicted octanol–water partition coefficient (Wildman–Crippen LogP) is 3.33. The lowest BCUT2D eigenvalue weighted by molar-refractivity contribution is -0.678. The highest BCUT2D eigenvalue weighted by Crippen LogP contribution is 2.21. The van der Waals surface area contributed by atoms with Gasteiger partial charge in [-0.25, -0.2) is 37.8 Å². The second-order valence-electron chi connectivity index (χ2n) is 11.2. The molecule has 58 heavy (non-hydrogen) atoms. The highest BCUT2D eigenvalue weighted by atomic mass is 32.2. The van der Waals surface area contributed by atoms with E-state index in [2.05, 4.69) is 72.5 Å². The van der Waals surface area contributed by atoms with E-state index in [4.69, 9.17) is 38.9 Å². The van der Waals surface area contributed by atoms with Crippen LogP contribution in [-0.4, -0.2) is 75.0 Å². The number of nitrogens with zero attached hydrogens (tertiary/aromatic N) is 5. The van der Waals surface area contributed by atoms with Crippen LogP contribution in [0.15, 0.2) is 49.6 Å². The van der Waals surface area contributed by atoms with Crippen LogP contribution in [0, 0.1) is 6.92 Å². The Kier molecular flexibility index (Phi) is 25.5. The Bertz CT molecular complexity index is 1910. The van der Waals surface area contributed by atoms with Crippen molar-refractivity contribution >= 4 is 30.4 Å². The normalized spacial score (nSPS) is 11.6. The summed E-state index contributed by atoms with van der Waals surface area (Å²) in [5, 5.41) is 0. The van der Waals surface area contributed by atoms with Crippen molar-refractivity contribution < 1.29 is 96.7 Å². The number of H-pyrrole nitrogens is 3. The van der Waals surface area contributed by atoms with Crippen LogP contribution < -0.4 is 18.3 Å². The molecule has 0 radical (unpaired) electrons. The second-order valence-corrected chi connectivity index (χ2v) is 15.4. The molecule has 4 aromatic heterocycles. The van der Waals surface area contributed by atoms with Crippen molar-refractivity contribution in [2.24, 2.45) is 35.2 Å². The quantitative estimate of drug-likeness (QED) is 0.0746. The number of alkyl halides is 9. The van der Waals surface area contributed by atoms with Gasteiger partial charge in [-0.3, -0.25) is 13.7 Å². The Labute approximate surface area is 330 Å². The van der Waals surface area contributed by atoms with Crippen molar-refractivity contribution in [3.8, 4) is 0 Å². The number of aryl methyl sites for hydroxylation is 8. The van der Waals surface area contributed by atoms with Crippen LogP contribution in [0.1, 0.15) is 56.9 Å². The molecule has 0 spiro atoms. The van der Waals surface area contributed by atoms with E-state index in [0.29, 0.717) is 0 Å². The lowest BCUT2D eigenvalue weighted by Crippen LogP contribution is -2.30. The third-order valence-electron chi connectivity index (χ3n) is 6.77. The molecule has 0 aliphatic rings. The topological polar surface area (TPSA) is 231 Å². The minimum atomic E-state index is -5.84. The van der Waals surface area contributed by atoms with Gasteiger partial charge in [-0.15, -0.1) is 0 Å². The van der Waals surface area contributed by atoms with Crippen LogP contribution in [0.2, 0.25) is 0 Å². The molecule has 0 fully saturated rings. The number of hydrogen-bond acceptors (Lipinski definition) is 6. The Hall–Kier alpha value is -4.06. The molecule has 0 atom stereocenters. The maximum absolute atomic E-state index is 10.7. The van der Waals surface area contributed by atoms with Crippen LogP contribution in [0.25, 0.3) is 0 Å². The molecular formula is C29H51F9N8O9S3+4. The number of unbranched alkanes of at least 4 members (excludes halogenated alkanes) is 1. The van der Waals surface area contributed by atoms with Gasteiger partial charge in [0.2, 0.25) is 0 Å². The summed E-state index contributed by atoms with van der Waals surface area (Å²) in [6, 6.07) is 0.